The first kappa shape index (κ1) is 20.6. The van der Waals surface area contributed by atoms with Gasteiger partial charge in [0.25, 0.3) is 0 Å². The van der Waals surface area contributed by atoms with Crippen molar-refractivity contribution in [2.75, 3.05) is 20.2 Å². The lowest BCUT2D eigenvalue weighted by molar-refractivity contribution is -0.124. The quantitative estimate of drug-likeness (QED) is 0.713. The van der Waals surface area contributed by atoms with E-state index in [1.165, 1.54) is 12.8 Å². The highest BCUT2D eigenvalue weighted by molar-refractivity contribution is 5.83. The lowest BCUT2D eigenvalue weighted by Gasteiger charge is -2.53. The second kappa shape index (κ2) is 7.70. The molecule has 166 valence electrons. The minimum absolute atomic E-state index is 0.204. The summed E-state index contributed by atoms with van der Waals surface area (Å²) in [5.41, 5.74) is 3.69. The molecule has 2 fully saturated rings. The molecule has 1 N–H and O–H groups in total. The number of ether oxygens (including phenoxy) is 1. The van der Waals surface area contributed by atoms with Crippen LogP contribution in [0.15, 0.2) is 29.1 Å². The molecule has 3 aliphatic rings. The van der Waals surface area contributed by atoms with Gasteiger partial charge in [0, 0.05) is 42.0 Å². The minimum Gasteiger partial charge on any atom is -0.504 e. The molecule has 2 saturated carbocycles. The lowest BCUT2D eigenvalue weighted by atomic mass is 9.55. The third-order valence-electron chi connectivity index (χ3n) is 8.06. The molecule has 0 spiro atoms. The average molecular weight is 424 g/mol. The molecule has 0 amide bonds. The van der Waals surface area contributed by atoms with Gasteiger partial charge in [-0.1, -0.05) is 13.8 Å². The maximum Gasteiger partial charge on any atom is 0.161 e. The summed E-state index contributed by atoms with van der Waals surface area (Å²) in [6.45, 7) is 6.61. The number of nitrogens with zero attached hydrogens (tertiary/aromatic N) is 1. The number of hydrogen-bond acceptors (Lipinski definition) is 5. The minimum atomic E-state index is -0.401. The van der Waals surface area contributed by atoms with Crippen molar-refractivity contribution >= 4 is 5.78 Å². The van der Waals surface area contributed by atoms with Crippen molar-refractivity contribution in [1.82, 2.24) is 4.90 Å². The fourth-order valence-corrected chi connectivity index (χ4v) is 6.37. The van der Waals surface area contributed by atoms with Crippen LogP contribution in [-0.2, 0) is 16.6 Å². The highest BCUT2D eigenvalue weighted by atomic mass is 16.5. The van der Waals surface area contributed by atoms with E-state index in [2.05, 4.69) is 18.7 Å². The first-order valence-electron chi connectivity index (χ1n) is 11.7. The van der Waals surface area contributed by atoms with Crippen LogP contribution in [0, 0.1) is 11.8 Å². The Labute approximate surface area is 184 Å². The number of rotatable bonds is 6. The second-order valence-corrected chi connectivity index (χ2v) is 9.92. The van der Waals surface area contributed by atoms with E-state index in [0.29, 0.717) is 36.3 Å². The second-order valence-electron chi connectivity index (χ2n) is 9.92. The van der Waals surface area contributed by atoms with Gasteiger partial charge in [0.1, 0.15) is 5.78 Å². The van der Waals surface area contributed by atoms with Crippen LogP contribution in [0.4, 0.5) is 0 Å². The molecular weight excluding hydrogens is 390 g/mol. The summed E-state index contributed by atoms with van der Waals surface area (Å²) in [5, 5.41) is 11.3. The highest BCUT2D eigenvalue weighted by Crippen LogP contribution is 2.57. The number of furan rings is 1. The van der Waals surface area contributed by atoms with Crippen LogP contribution in [0.5, 0.6) is 11.5 Å². The van der Waals surface area contributed by atoms with Crippen molar-refractivity contribution in [2.24, 2.45) is 11.8 Å². The van der Waals surface area contributed by atoms with Gasteiger partial charge in [-0.05, 0) is 67.3 Å². The van der Waals surface area contributed by atoms with E-state index >= 15 is 0 Å². The number of ketones is 1. The first-order valence-corrected chi connectivity index (χ1v) is 11.7. The molecule has 1 aromatic carbocycles. The van der Waals surface area contributed by atoms with Crippen LogP contribution in [0.3, 0.4) is 0 Å². The van der Waals surface area contributed by atoms with Crippen LogP contribution in [0.25, 0.3) is 11.1 Å². The summed E-state index contributed by atoms with van der Waals surface area (Å²) in [4.78, 5) is 15.4. The smallest absolute Gasteiger partial charge is 0.161 e. The number of hydrogen-bond donors (Lipinski definition) is 1. The van der Waals surface area contributed by atoms with Gasteiger partial charge in [-0.15, -0.1) is 0 Å². The Balaban J connectivity index is 1.71. The zero-order valence-corrected chi connectivity index (χ0v) is 18.8. The summed E-state index contributed by atoms with van der Waals surface area (Å²) in [6, 6.07) is 4.26. The van der Waals surface area contributed by atoms with Crippen LogP contribution < -0.4 is 4.74 Å². The first-order chi connectivity index (χ1) is 15.0. The summed E-state index contributed by atoms with van der Waals surface area (Å²) in [7, 11) is 1.59. The summed E-state index contributed by atoms with van der Waals surface area (Å²) < 4.78 is 11.0. The van der Waals surface area contributed by atoms with Gasteiger partial charge in [-0.3, -0.25) is 9.69 Å². The number of fused-ring (bicyclic) bond motifs is 3. The summed E-state index contributed by atoms with van der Waals surface area (Å²) in [5.74, 6) is 2.12. The average Bonchev–Trinajstić information content (AvgIpc) is 3.40. The van der Waals surface area contributed by atoms with Crippen molar-refractivity contribution < 1.29 is 19.1 Å². The molecule has 0 bridgehead atoms. The number of methoxy groups -OCH3 is 1. The van der Waals surface area contributed by atoms with Crippen LogP contribution in [0.2, 0.25) is 0 Å². The number of phenolic OH excluding ortho intramolecular Hbond substituents is 1. The van der Waals surface area contributed by atoms with Crippen molar-refractivity contribution in [1.29, 1.82) is 0 Å². The van der Waals surface area contributed by atoms with Gasteiger partial charge in [0.15, 0.2) is 11.5 Å². The third kappa shape index (κ3) is 3.38. The number of Topliss-reactive ketones (excluding diaryl/α,β-unsaturated/α-hetero) is 1. The lowest BCUT2D eigenvalue weighted by Crippen LogP contribution is -2.56. The fraction of sp³-hybridized carbons (Fsp3) is 0.577. The van der Waals surface area contributed by atoms with E-state index in [-0.39, 0.29) is 5.75 Å². The SMILES string of the molecule is CCN(CC1CC1)C1Cc2c(-c3ccoc3)cc(OC)c(O)c2[C@]2(C)CC(=O)CCC12. The number of likely N-dealkylation sites (N-methyl/N-ethyl adjacent to an activating group) is 1. The molecule has 0 radical (unpaired) electrons. The Morgan fingerprint density at radius 2 is 2.13 bits per heavy atom. The molecule has 5 heteroatoms. The Morgan fingerprint density at radius 1 is 1.32 bits per heavy atom. The monoisotopic (exact) mass is 423 g/mol. The fourth-order valence-electron chi connectivity index (χ4n) is 6.37. The summed E-state index contributed by atoms with van der Waals surface area (Å²) in [6.07, 6.45) is 8.99. The maximum atomic E-state index is 12.7. The van der Waals surface area contributed by atoms with Crippen molar-refractivity contribution in [2.45, 2.75) is 63.8 Å². The number of carbonyl (C=O) groups is 1. The number of phenols is 1. The normalized spacial score (nSPS) is 27.8. The highest BCUT2D eigenvalue weighted by Gasteiger charge is 2.52. The van der Waals surface area contributed by atoms with Gasteiger partial charge >= 0.3 is 0 Å². The van der Waals surface area contributed by atoms with Gasteiger partial charge in [0.05, 0.1) is 19.6 Å². The van der Waals surface area contributed by atoms with Crippen LogP contribution >= 0.6 is 0 Å². The van der Waals surface area contributed by atoms with Gasteiger partial charge in [-0.2, -0.15) is 0 Å². The van der Waals surface area contributed by atoms with Gasteiger partial charge in [0.2, 0.25) is 0 Å². The molecule has 1 aromatic heterocycles. The zero-order chi connectivity index (χ0) is 21.8. The predicted molar refractivity (Wildman–Crippen MR) is 120 cm³/mol. The summed E-state index contributed by atoms with van der Waals surface area (Å²) >= 11 is 0. The van der Waals surface area contributed by atoms with E-state index in [9.17, 15) is 9.90 Å². The van der Waals surface area contributed by atoms with Crippen molar-refractivity contribution in [3.8, 4) is 22.6 Å². The van der Waals surface area contributed by atoms with Gasteiger partial charge < -0.3 is 14.3 Å². The Bertz CT molecular complexity index is 978. The topological polar surface area (TPSA) is 62.9 Å². The zero-order valence-electron chi connectivity index (χ0n) is 18.8. The van der Waals surface area contributed by atoms with Gasteiger partial charge in [-0.25, -0.2) is 0 Å². The van der Waals surface area contributed by atoms with E-state index in [4.69, 9.17) is 9.15 Å². The molecule has 2 aromatic rings. The van der Waals surface area contributed by atoms with E-state index < -0.39 is 5.41 Å². The molecule has 5 nitrogen and oxygen atoms in total. The molecule has 2 unspecified atom stereocenters. The molecule has 5 rings (SSSR count). The number of benzene rings is 1. The van der Waals surface area contributed by atoms with E-state index in [1.54, 1.807) is 19.6 Å². The van der Waals surface area contributed by atoms with Crippen LogP contribution in [-0.4, -0.2) is 42.0 Å². The Kier molecular flexibility index (Phi) is 5.12. The molecule has 31 heavy (non-hydrogen) atoms. The van der Waals surface area contributed by atoms with Crippen LogP contribution in [0.1, 0.15) is 57.1 Å². The molecule has 3 aliphatic carbocycles. The molecule has 1 heterocycles. The molecule has 0 aliphatic heterocycles. The Hall–Kier alpha value is -2.27. The van der Waals surface area contributed by atoms with E-state index in [1.807, 2.05) is 12.1 Å². The largest absolute Gasteiger partial charge is 0.504 e. The predicted octanol–water partition coefficient (Wildman–Crippen LogP) is 4.94. The standard InChI is InChI=1S/C26H33NO4/c1-4-27(14-16-5-6-16)22-11-20-19(17-9-10-31-15-17)12-23(30-3)25(29)24(20)26(2)13-18(28)7-8-21(22)26/h9-10,12,15-16,21-22,29H,4-8,11,13-14H2,1-3H3/t21?,22?,26-/m1/s1. The van der Waals surface area contributed by atoms with Crippen molar-refractivity contribution in [3.05, 3.63) is 35.8 Å². The number of carbonyl (C=O) groups excluding carboxylic acids is 1. The Morgan fingerprint density at radius 3 is 2.77 bits per heavy atom. The molecule has 3 atom stereocenters. The third-order valence-corrected chi connectivity index (χ3v) is 8.06. The number of aromatic hydroxyl groups is 1. The van der Waals surface area contributed by atoms with Crippen molar-refractivity contribution in [3.63, 3.8) is 0 Å². The van der Waals surface area contributed by atoms with E-state index in [0.717, 1.165) is 54.1 Å². The molecular formula is C26H33NO4. The molecule has 0 saturated heterocycles. The maximum absolute atomic E-state index is 12.7.